The van der Waals surface area contributed by atoms with Crippen molar-refractivity contribution in [3.05, 3.63) is 42.0 Å². The molecule has 0 bridgehead atoms. The molecule has 1 fully saturated rings. The number of aromatic nitrogens is 3. The lowest BCUT2D eigenvalue weighted by Crippen LogP contribution is -2.20. The van der Waals surface area contributed by atoms with E-state index < -0.39 is 12.9 Å². The van der Waals surface area contributed by atoms with Gasteiger partial charge >= 0.3 is 0 Å². The molecule has 2 amide bonds. The number of nitrogens with one attached hydrogen (secondary N) is 3. The van der Waals surface area contributed by atoms with Gasteiger partial charge in [-0.3, -0.25) is 14.0 Å². The summed E-state index contributed by atoms with van der Waals surface area (Å²) in [7, 11) is 1.52. The van der Waals surface area contributed by atoms with Crippen LogP contribution in [-0.4, -0.2) is 40.3 Å². The number of methoxy groups -OCH3 is 1. The van der Waals surface area contributed by atoms with Gasteiger partial charge < -0.3 is 20.7 Å². The third kappa shape index (κ3) is 3.66. The Morgan fingerprint density at radius 2 is 2.10 bits per heavy atom. The lowest BCUT2D eigenvalue weighted by atomic mass is 10.2. The molecule has 9 heteroatoms. The molecule has 3 heterocycles. The second kappa shape index (κ2) is 8.02. The molecule has 30 heavy (non-hydrogen) atoms. The zero-order valence-corrected chi connectivity index (χ0v) is 16.7. The zero-order valence-electron chi connectivity index (χ0n) is 19.7. The quantitative estimate of drug-likeness (QED) is 0.552. The molecule has 1 aliphatic rings. The van der Waals surface area contributed by atoms with E-state index in [2.05, 4.69) is 20.6 Å². The fraction of sp³-hybridized carbons (Fsp3) is 0.333. The van der Waals surface area contributed by atoms with E-state index in [-0.39, 0.29) is 28.9 Å². The van der Waals surface area contributed by atoms with Gasteiger partial charge in [0.05, 0.1) is 30.1 Å². The Kier molecular flexibility index (Phi) is 4.33. The number of amides is 2. The van der Waals surface area contributed by atoms with Crippen molar-refractivity contribution in [2.24, 2.45) is 5.92 Å². The highest BCUT2D eigenvalue weighted by Crippen LogP contribution is 2.33. The number of imidazole rings is 1. The summed E-state index contributed by atoms with van der Waals surface area (Å²) >= 11 is 0. The average molecular weight is 411 g/mol. The number of carbonyl (C=O) groups excluding carboxylic acids is 2. The van der Waals surface area contributed by atoms with Crippen molar-refractivity contribution < 1.29 is 18.4 Å². The van der Waals surface area contributed by atoms with E-state index in [4.69, 9.17) is 8.85 Å². The van der Waals surface area contributed by atoms with Crippen LogP contribution in [0.3, 0.4) is 0 Å². The summed E-state index contributed by atoms with van der Waals surface area (Å²) in [5.74, 6) is 0.497. The largest absolute Gasteiger partial charge is 0.480 e. The summed E-state index contributed by atoms with van der Waals surface area (Å²) < 4.78 is 29.5. The highest BCUT2D eigenvalue weighted by molar-refractivity contribution is 6.01. The summed E-state index contributed by atoms with van der Waals surface area (Å²) in [4.78, 5) is 33.4. The van der Waals surface area contributed by atoms with E-state index in [9.17, 15) is 9.59 Å². The fourth-order valence-corrected chi connectivity index (χ4v) is 3.26. The molecule has 1 saturated carbocycles. The van der Waals surface area contributed by atoms with Crippen LogP contribution in [0, 0.1) is 5.92 Å². The van der Waals surface area contributed by atoms with Gasteiger partial charge in [-0.2, -0.15) is 0 Å². The monoisotopic (exact) mass is 411 g/mol. The Morgan fingerprint density at radius 3 is 2.80 bits per heavy atom. The Labute approximate surface area is 178 Å². The Bertz CT molecular complexity index is 1220. The van der Waals surface area contributed by atoms with Gasteiger partial charge in [0.15, 0.2) is 0 Å². The third-order valence-electron chi connectivity index (χ3n) is 4.96. The number of fused-ring (bicyclic) bond motifs is 1. The molecule has 0 unspecified atom stereocenters. The minimum absolute atomic E-state index is 0.000887. The molecule has 3 aromatic rings. The molecular formula is C21H24N6O3. The van der Waals surface area contributed by atoms with Crippen LogP contribution in [0.4, 0.5) is 17.2 Å². The Hall–Kier alpha value is -3.62. The van der Waals surface area contributed by atoms with E-state index in [0.717, 1.165) is 24.2 Å². The van der Waals surface area contributed by atoms with Gasteiger partial charge in [0, 0.05) is 35.7 Å². The van der Waals surface area contributed by atoms with E-state index in [1.807, 2.05) is 22.7 Å². The molecule has 3 aromatic heterocycles. The summed E-state index contributed by atoms with van der Waals surface area (Å²) in [6.07, 6.45) is 5.30. The number of nitrogens with zero attached hydrogens (tertiary/aromatic N) is 3. The summed E-state index contributed by atoms with van der Waals surface area (Å²) in [5, 5.41) is 7.85. The maximum Gasteiger partial charge on any atom is 0.254 e. The molecule has 0 spiro atoms. The van der Waals surface area contributed by atoms with Crippen molar-refractivity contribution in [2.75, 3.05) is 24.7 Å². The van der Waals surface area contributed by atoms with Crippen LogP contribution < -0.4 is 20.7 Å². The number of hydrogen-bond acceptors (Lipinski definition) is 6. The number of anilines is 3. The van der Waals surface area contributed by atoms with Crippen LogP contribution in [0.25, 0.3) is 5.52 Å². The first-order chi connectivity index (χ1) is 15.7. The second-order valence-electron chi connectivity index (χ2n) is 7.00. The van der Waals surface area contributed by atoms with Crippen molar-refractivity contribution >= 4 is 34.5 Å². The molecule has 0 aliphatic heterocycles. The van der Waals surface area contributed by atoms with Crippen LogP contribution in [0.1, 0.15) is 40.1 Å². The number of ether oxygens (including phenoxy) is 1. The van der Waals surface area contributed by atoms with Gasteiger partial charge in [-0.25, -0.2) is 9.97 Å². The highest BCUT2D eigenvalue weighted by Gasteiger charge is 2.30. The maximum absolute atomic E-state index is 12.7. The molecule has 0 aromatic carbocycles. The van der Waals surface area contributed by atoms with Gasteiger partial charge in [-0.05, 0) is 25.0 Å². The average Bonchev–Trinajstić information content (AvgIpc) is 3.52. The standard InChI is InChI=1S/C21H24N6O3/c1-4-18-24-10-13-7-8-15(21(30-3)27(13)18)25-16-9-17(26-19(28)12-5-6-12)23-11-14(16)20(29)22-2/h7-12H,4-6H2,1-3H3,(H,22,29)(H2,23,25,26,28)/i2D3. The van der Waals surface area contributed by atoms with Gasteiger partial charge in [0.1, 0.15) is 17.3 Å². The van der Waals surface area contributed by atoms with E-state index >= 15 is 0 Å². The van der Waals surface area contributed by atoms with Crippen molar-refractivity contribution in [1.29, 1.82) is 0 Å². The first kappa shape index (κ1) is 16.2. The number of aryl methyl sites for hydroxylation is 1. The Morgan fingerprint density at radius 1 is 1.27 bits per heavy atom. The minimum Gasteiger partial charge on any atom is -0.480 e. The molecule has 156 valence electrons. The highest BCUT2D eigenvalue weighted by atomic mass is 16.5. The summed E-state index contributed by atoms with van der Waals surface area (Å²) in [6.45, 7) is -0.695. The molecule has 4 rings (SSSR count). The normalized spacial score (nSPS) is 15.1. The topological polar surface area (TPSA) is 110 Å². The van der Waals surface area contributed by atoms with Crippen molar-refractivity contribution in [3.63, 3.8) is 0 Å². The number of pyridine rings is 2. The molecule has 1 aliphatic carbocycles. The molecule has 3 N–H and O–H groups in total. The van der Waals surface area contributed by atoms with E-state index in [1.54, 1.807) is 12.3 Å². The third-order valence-corrected chi connectivity index (χ3v) is 4.96. The smallest absolute Gasteiger partial charge is 0.254 e. The van der Waals surface area contributed by atoms with Gasteiger partial charge in [0.2, 0.25) is 11.8 Å². The first-order valence-corrected chi connectivity index (χ1v) is 9.64. The molecule has 0 atom stereocenters. The predicted molar refractivity (Wildman–Crippen MR) is 113 cm³/mol. The SMILES string of the molecule is [2H]C([2H])([2H])NC(=O)c1cnc(NC(=O)C2CC2)cc1Nc1ccc2cnc(CC)n2c1OC. The van der Waals surface area contributed by atoms with Gasteiger partial charge in [-0.1, -0.05) is 6.92 Å². The lowest BCUT2D eigenvalue weighted by Gasteiger charge is -2.17. The number of carbonyl (C=O) groups is 2. The van der Waals surface area contributed by atoms with E-state index in [1.165, 1.54) is 19.4 Å². The van der Waals surface area contributed by atoms with Crippen LogP contribution in [-0.2, 0) is 11.2 Å². The Balaban J connectivity index is 1.75. The number of hydrogen-bond donors (Lipinski definition) is 3. The van der Waals surface area contributed by atoms with Crippen molar-refractivity contribution in [2.45, 2.75) is 26.2 Å². The summed E-state index contributed by atoms with van der Waals surface area (Å²) in [5.41, 5.74) is 1.61. The van der Waals surface area contributed by atoms with Crippen LogP contribution in [0.5, 0.6) is 5.88 Å². The summed E-state index contributed by atoms with van der Waals surface area (Å²) in [6, 6.07) is 5.10. The minimum atomic E-state index is -2.67. The van der Waals surface area contributed by atoms with Crippen LogP contribution >= 0.6 is 0 Å². The molecule has 0 saturated heterocycles. The zero-order chi connectivity index (χ0) is 23.8. The first-order valence-electron chi connectivity index (χ1n) is 11.1. The van der Waals surface area contributed by atoms with E-state index in [0.29, 0.717) is 18.0 Å². The molecule has 0 radical (unpaired) electrons. The van der Waals surface area contributed by atoms with Crippen LogP contribution in [0.15, 0.2) is 30.6 Å². The van der Waals surface area contributed by atoms with Gasteiger partial charge in [-0.15, -0.1) is 0 Å². The number of rotatable bonds is 7. The lowest BCUT2D eigenvalue weighted by molar-refractivity contribution is -0.117. The van der Waals surface area contributed by atoms with Crippen LogP contribution in [0.2, 0.25) is 0 Å². The molecule has 9 nitrogen and oxygen atoms in total. The predicted octanol–water partition coefficient (Wildman–Crippen LogP) is 2.75. The maximum atomic E-state index is 12.7. The van der Waals surface area contributed by atoms with Crippen molar-refractivity contribution in [3.8, 4) is 5.88 Å². The fourth-order valence-electron chi connectivity index (χ4n) is 3.26. The second-order valence-corrected chi connectivity index (χ2v) is 7.00. The van der Waals surface area contributed by atoms with Crippen molar-refractivity contribution in [1.82, 2.24) is 19.7 Å². The van der Waals surface area contributed by atoms with Gasteiger partial charge in [0.25, 0.3) is 5.91 Å². The molecular weight excluding hydrogens is 384 g/mol.